The van der Waals surface area contributed by atoms with Gasteiger partial charge in [-0.2, -0.15) is 0 Å². The summed E-state index contributed by atoms with van der Waals surface area (Å²) in [4.78, 5) is 24.0. The van der Waals surface area contributed by atoms with Crippen molar-refractivity contribution >= 4 is 11.9 Å². The van der Waals surface area contributed by atoms with Gasteiger partial charge in [0.15, 0.2) is 0 Å². The van der Waals surface area contributed by atoms with Crippen molar-refractivity contribution in [2.45, 2.75) is 19.1 Å². The molecule has 0 aliphatic carbocycles. The second kappa shape index (κ2) is 5.66. The topological polar surface area (TPSA) is 105 Å². The molecule has 7 nitrogen and oxygen atoms in total. The molecule has 3 amide bonds. The smallest absolute Gasteiger partial charge is 0.312 e. The summed E-state index contributed by atoms with van der Waals surface area (Å²) in [5.41, 5.74) is 4.93. The summed E-state index contributed by atoms with van der Waals surface area (Å²) in [6, 6.07) is -1.39. The van der Waals surface area contributed by atoms with Crippen molar-refractivity contribution in [2.75, 3.05) is 26.3 Å². The van der Waals surface area contributed by atoms with Crippen molar-refractivity contribution < 1.29 is 19.4 Å². The van der Waals surface area contributed by atoms with Crippen LogP contribution in [0, 0.1) is 0 Å². The first-order chi connectivity index (χ1) is 7.54. The Morgan fingerprint density at radius 1 is 1.69 bits per heavy atom. The third-order valence-corrected chi connectivity index (χ3v) is 2.38. The monoisotopic (exact) mass is 231 g/mol. The Kier molecular flexibility index (Phi) is 4.51. The van der Waals surface area contributed by atoms with E-state index in [1.807, 2.05) is 0 Å². The highest BCUT2D eigenvalue weighted by molar-refractivity contribution is 5.86. The van der Waals surface area contributed by atoms with Gasteiger partial charge in [-0.1, -0.05) is 0 Å². The zero-order valence-corrected chi connectivity index (χ0v) is 9.18. The molecule has 1 aliphatic rings. The molecule has 2 atom stereocenters. The van der Waals surface area contributed by atoms with E-state index in [1.165, 1.54) is 0 Å². The third-order valence-electron chi connectivity index (χ3n) is 2.38. The van der Waals surface area contributed by atoms with Gasteiger partial charge in [0.05, 0.1) is 19.3 Å². The van der Waals surface area contributed by atoms with Crippen LogP contribution in [-0.2, 0) is 9.53 Å². The van der Waals surface area contributed by atoms with E-state index in [9.17, 15) is 9.59 Å². The van der Waals surface area contributed by atoms with E-state index < -0.39 is 12.1 Å². The molecule has 0 bridgehead atoms. The first-order valence-corrected chi connectivity index (χ1v) is 5.11. The van der Waals surface area contributed by atoms with Crippen LogP contribution in [-0.4, -0.2) is 60.4 Å². The van der Waals surface area contributed by atoms with Crippen LogP contribution in [0.25, 0.3) is 0 Å². The maximum Gasteiger partial charge on any atom is 0.312 e. The molecule has 92 valence electrons. The fourth-order valence-electron chi connectivity index (χ4n) is 1.58. The molecule has 0 aromatic heterocycles. The number of primary amides is 1. The molecule has 0 radical (unpaired) electrons. The van der Waals surface area contributed by atoms with Crippen molar-refractivity contribution in [1.29, 1.82) is 0 Å². The van der Waals surface area contributed by atoms with Crippen molar-refractivity contribution in [1.82, 2.24) is 10.2 Å². The summed E-state index contributed by atoms with van der Waals surface area (Å²) < 4.78 is 5.21. The van der Waals surface area contributed by atoms with Crippen molar-refractivity contribution in [3.8, 4) is 0 Å². The quantitative estimate of drug-likeness (QED) is 0.536. The number of aliphatic hydroxyl groups excluding tert-OH is 1. The van der Waals surface area contributed by atoms with E-state index >= 15 is 0 Å². The summed E-state index contributed by atoms with van der Waals surface area (Å²) >= 11 is 0. The van der Waals surface area contributed by atoms with Gasteiger partial charge in [0.25, 0.3) is 0 Å². The molecular weight excluding hydrogens is 214 g/mol. The SMILES string of the molecule is CC(NC(N)=O)C(=O)N1CCOC(CO)C1. The number of carbonyl (C=O) groups is 2. The minimum absolute atomic E-state index is 0.124. The van der Waals surface area contributed by atoms with Crippen molar-refractivity contribution in [3.63, 3.8) is 0 Å². The van der Waals surface area contributed by atoms with E-state index in [2.05, 4.69) is 5.32 Å². The van der Waals surface area contributed by atoms with E-state index in [0.717, 1.165) is 0 Å². The largest absolute Gasteiger partial charge is 0.394 e. The number of aliphatic hydroxyl groups is 1. The molecular formula is C9H17N3O4. The molecule has 16 heavy (non-hydrogen) atoms. The molecule has 2 unspecified atom stereocenters. The summed E-state index contributed by atoms with van der Waals surface area (Å²) in [5, 5.41) is 11.2. The maximum absolute atomic E-state index is 11.8. The molecule has 1 fully saturated rings. The van der Waals surface area contributed by atoms with E-state index in [4.69, 9.17) is 15.6 Å². The number of urea groups is 1. The number of nitrogens with zero attached hydrogens (tertiary/aromatic N) is 1. The fourth-order valence-corrected chi connectivity index (χ4v) is 1.58. The van der Waals surface area contributed by atoms with Crippen molar-refractivity contribution in [2.24, 2.45) is 5.73 Å². The molecule has 1 aliphatic heterocycles. The van der Waals surface area contributed by atoms with Crippen LogP contribution in [0.4, 0.5) is 4.79 Å². The number of nitrogens with two attached hydrogens (primary N) is 1. The molecule has 4 N–H and O–H groups in total. The van der Waals surface area contributed by atoms with Gasteiger partial charge < -0.3 is 25.8 Å². The highest BCUT2D eigenvalue weighted by atomic mass is 16.5. The lowest BCUT2D eigenvalue weighted by Gasteiger charge is -2.33. The molecule has 0 saturated carbocycles. The average Bonchev–Trinajstić information content (AvgIpc) is 2.27. The molecule has 7 heteroatoms. The maximum atomic E-state index is 11.8. The zero-order chi connectivity index (χ0) is 12.1. The fraction of sp³-hybridized carbons (Fsp3) is 0.778. The lowest BCUT2D eigenvalue weighted by molar-refractivity contribution is -0.141. The van der Waals surface area contributed by atoms with Crippen LogP contribution in [0.3, 0.4) is 0 Å². The molecule has 1 heterocycles. The zero-order valence-electron chi connectivity index (χ0n) is 9.18. The second-order valence-corrected chi connectivity index (χ2v) is 3.69. The van der Waals surface area contributed by atoms with E-state index in [1.54, 1.807) is 11.8 Å². The first-order valence-electron chi connectivity index (χ1n) is 5.11. The van der Waals surface area contributed by atoms with Gasteiger partial charge in [-0.05, 0) is 6.92 Å². The van der Waals surface area contributed by atoms with Gasteiger partial charge in [-0.15, -0.1) is 0 Å². The lowest BCUT2D eigenvalue weighted by Crippen LogP contribution is -2.54. The standard InChI is InChI=1S/C9H17N3O4/c1-6(11-9(10)15)8(14)12-2-3-16-7(4-12)5-13/h6-7,13H,2-5H2,1H3,(H3,10,11,15). The summed E-state index contributed by atoms with van der Waals surface area (Å²) in [5.74, 6) is -0.222. The number of nitrogens with one attached hydrogen (secondary N) is 1. The summed E-state index contributed by atoms with van der Waals surface area (Å²) in [6.45, 7) is 2.62. The molecule has 0 spiro atoms. The Balaban J connectivity index is 2.49. The number of amides is 3. The predicted molar refractivity (Wildman–Crippen MR) is 55.6 cm³/mol. The minimum Gasteiger partial charge on any atom is -0.394 e. The lowest BCUT2D eigenvalue weighted by atomic mass is 10.2. The number of hydrogen-bond donors (Lipinski definition) is 3. The van der Waals surface area contributed by atoms with Crippen LogP contribution < -0.4 is 11.1 Å². The minimum atomic E-state index is -0.729. The Labute approximate surface area is 93.5 Å². The van der Waals surface area contributed by atoms with Crippen LogP contribution >= 0.6 is 0 Å². The molecule has 1 rings (SSSR count). The van der Waals surface area contributed by atoms with Crippen molar-refractivity contribution in [3.05, 3.63) is 0 Å². The van der Waals surface area contributed by atoms with Gasteiger partial charge in [-0.3, -0.25) is 4.79 Å². The third kappa shape index (κ3) is 3.35. The van der Waals surface area contributed by atoms with Gasteiger partial charge in [-0.25, -0.2) is 4.79 Å². The summed E-state index contributed by atoms with van der Waals surface area (Å²) in [7, 11) is 0. The first kappa shape index (κ1) is 12.7. The van der Waals surface area contributed by atoms with E-state index in [0.29, 0.717) is 19.7 Å². The normalized spacial score (nSPS) is 22.6. The average molecular weight is 231 g/mol. The Morgan fingerprint density at radius 2 is 2.38 bits per heavy atom. The van der Waals surface area contributed by atoms with Gasteiger partial charge in [0.1, 0.15) is 6.04 Å². The number of ether oxygens (including phenoxy) is 1. The van der Waals surface area contributed by atoms with Crippen LogP contribution in [0.1, 0.15) is 6.92 Å². The highest BCUT2D eigenvalue weighted by Crippen LogP contribution is 2.06. The second-order valence-electron chi connectivity index (χ2n) is 3.69. The Hall–Kier alpha value is -1.34. The van der Waals surface area contributed by atoms with Crippen LogP contribution in [0.15, 0.2) is 0 Å². The number of morpholine rings is 1. The van der Waals surface area contributed by atoms with Crippen LogP contribution in [0.2, 0.25) is 0 Å². The molecule has 0 aromatic rings. The molecule has 0 aromatic carbocycles. The number of rotatable bonds is 3. The van der Waals surface area contributed by atoms with Gasteiger partial charge >= 0.3 is 6.03 Å². The van der Waals surface area contributed by atoms with Gasteiger partial charge in [0, 0.05) is 13.1 Å². The van der Waals surface area contributed by atoms with Crippen LogP contribution in [0.5, 0.6) is 0 Å². The number of carbonyl (C=O) groups excluding carboxylic acids is 2. The predicted octanol–water partition coefficient (Wildman–Crippen LogP) is -1.74. The number of hydrogen-bond acceptors (Lipinski definition) is 4. The highest BCUT2D eigenvalue weighted by Gasteiger charge is 2.27. The van der Waals surface area contributed by atoms with E-state index in [-0.39, 0.29) is 18.6 Å². The molecule has 1 saturated heterocycles. The summed E-state index contributed by atoms with van der Waals surface area (Å²) in [6.07, 6.45) is -0.349. The Morgan fingerprint density at radius 3 is 2.94 bits per heavy atom. The Bertz CT molecular complexity index is 271. The van der Waals surface area contributed by atoms with Gasteiger partial charge in [0.2, 0.25) is 5.91 Å².